The Morgan fingerprint density at radius 3 is 2.29 bits per heavy atom. The zero-order valence-corrected chi connectivity index (χ0v) is 25.9. The Labute approximate surface area is 256 Å². The number of anilines is 1. The molecule has 4 rings (SSSR count). The predicted molar refractivity (Wildman–Crippen MR) is 164 cm³/mol. The van der Waals surface area contributed by atoms with Crippen LogP contribution in [0.15, 0.2) is 71.6 Å². The van der Waals surface area contributed by atoms with Crippen LogP contribution in [0.1, 0.15) is 50.2 Å². The first-order valence-electron chi connectivity index (χ1n) is 13.8. The molecule has 1 saturated carbocycles. The standard InChI is InChI=1S/C31H34Cl2FN3O4S/c1-21-12-15-25(16-13-21)42(40,41)37(29-11-7-6-10-28(29)34)20-30(38)36(19-23-14-17-26(32)27(33)18-23)22(2)31(39)35-24-8-4-3-5-9-24/h6-7,10-18,22,24H,3-5,8-9,19-20H2,1-2H3,(H,35,39)/t22-/m1/s1. The van der Waals surface area contributed by atoms with Crippen LogP contribution in [0.5, 0.6) is 0 Å². The van der Waals surface area contributed by atoms with Gasteiger partial charge >= 0.3 is 0 Å². The largest absolute Gasteiger partial charge is 0.352 e. The quantitative estimate of drug-likeness (QED) is 0.276. The van der Waals surface area contributed by atoms with Gasteiger partial charge in [0, 0.05) is 12.6 Å². The lowest BCUT2D eigenvalue weighted by Gasteiger charge is -2.33. The van der Waals surface area contributed by atoms with E-state index in [-0.39, 0.29) is 34.1 Å². The van der Waals surface area contributed by atoms with E-state index in [1.807, 2.05) is 6.92 Å². The zero-order chi connectivity index (χ0) is 30.4. The van der Waals surface area contributed by atoms with E-state index < -0.39 is 34.3 Å². The number of benzene rings is 3. The molecule has 3 aromatic rings. The molecule has 42 heavy (non-hydrogen) atoms. The first-order valence-corrected chi connectivity index (χ1v) is 16.0. The minimum absolute atomic E-state index is 0.00690. The number of amides is 2. The second-order valence-corrected chi connectivity index (χ2v) is 13.2. The molecule has 0 unspecified atom stereocenters. The van der Waals surface area contributed by atoms with E-state index in [2.05, 4.69) is 5.32 Å². The maximum Gasteiger partial charge on any atom is 0.264 e. The molecular formula is C31H34Cl2FN3O4S. The summed E-state index contributed by atoms with van der Waals surface area (Å²) in [6.07, 6.45) is 4.86. The molecule has 0 heterocycles. The van der Waals surface area contributed by atoms with Crippen molar-refractivity contribution < 1.29 is 22.4 Å². The Morgan fingerprint density at radius 1 is 0.976 bits per heavy atom. The highest BCUT2D eigenvalue weighted by Gasteiger charge is 2.34. The molecule has 0 aromatic heterocycles. The molecule has 0 bridgehead atoms. The van der Waals surface area contributed by atoms with E-state index in [1.165, 1.54) is 35.2 Å². The van der Waals surface area contributed by atoms with E-state index in [0.29, 0.717) is 10.6 Å². The molecule has 1 aliphatic carbocycles. The molecular weight excluding hydrogens is 600 g/mol. The first kappa shape index (κ1) is 31.8. The maximum atomic E-state index is 15.1. The van der Waals surface area contributed by atoms with Crippen LogP contribution in [0.3, 0.4) is 0 Å². The second-order valence-electron chi connectivity index (χ2n) is 10.6. The van der Waals surface area contributed by atoms with Crippen molar-refractivity contribution in [2.45, 2.75) is 69.5 Å². The lowest BCUT2D eigenvalue weighted by molar-refractivity contribution is -0.139. The van der Waals surface area contributed by atoms with Gasteiger partial charge in [-0.2, -0.15) is 0 Å². The van der Waals surface area contributed by atoms with Gasteiger partial charge in [0.1, 0.15) is 18.4 Å². The van der Waals surface area contributed by atoms with Gasteiger partial charge in [-0.1, -0.05) is 78.4 Å². The molecule has 11 heteroatoms. The number of aryl methyl sites for hydroxylation is 1. The fourth-order valence-corrected chi connectivity index (χ4v) is 6.73. The third-order valence-electron chi connectivity index (χ3n) is 7.46. The molecule has 2 amide bonds. The van der Waals surface area contributed by atoms with Gasteiger partial charge in [-0.15, -0.1) is 0 Å². The Morgan fingerprint density at radius 2 is 1.64 bits per heavy atom. The van der Waals surface area contributed by atoms with Crippen molar-refractivity contribution >= 4 is 50.7 Å². The molecule has 224 valence electrons. The van der Waals surface area contributed by atoms with E-state index in [9.17, 15) is 18.0 Å². The summed E-state index contributed by atoms with van der Waals surface area (Å²) in [5.74, 6) is -1.85. The van der Waals surface area contributed by atoms with Crippen LogP contribution in [-0.4, -0.2) is 43.8 Å². The third-order valence-corrected chi connectivity index (χ3v) is 9.98. The molecule has 3 aromatic carbocycles. The minimum atomic E-state index is -4.37. The highest BCUT2D eigenvalue weighted by atomic mass is 35.5. The number of carbonyl (C=O) groups excluding carboxylic acids is 2. The molecule has 1 N–H and O–H groups in total. The molecule has 1 aliphatic rings. The fraction of sp³-hybridized carbons (Fsp3) is 0.355. The maximum absolute atomic E-state index is 15.1. The van der Waals surface area contributed by atoms with Gasteiger partial charge < -0.3 is 10.2 Å². The zero-order valence-electron chi connectivity index (χ0n) is 23.5. The van der Waals surface area contributed by atoms with E-state index in [1.54, 1.807) is 37.3 Å². The monoisotopic (exact) mass is 633 g/mol. The molecule has 0 spiro atoms. The van der Waals surface area contributed by atoms with Gasteiger partial charge in [0.05, 0.1) is 20.6 Å². The van der Waals surface area contributed by atoms with E-state index >= 15 is 4.39 Å². The fourth-order valence-electron chi connectivity index (χ4n) is 4.99. The molecule has 7 nitrogen and oxygen atoms in total. The summed E-state index contributed by atoms with van der Waals surface area (Å²) in [6.45, 7) is 2.62. The Bertz CT molecular complexity index is 1530. The Kier molecular flexibility index (Phi) is 10.5. The van der Waals surface area contributed by atoms with Gasteiger partial charge in [0.2, 0.25) is 11.8 Å². The Hall–Kier alpha value is -3.14. The number of rotatable bonds is 10. The number of nitrogens with one attached hydrogen (secondary N) is 1. The van der Waals surface area contributed by atoms with Crippen molar-refractivity contribution in [2.75, 3.05) is 10.8 Å². The molecule has 0 radical (unpaired) electrons. The summed E-state index contributed by atoms with van der Waals surface area (Å²) in [6, 6.07) is 15.3. The molecule has 1 fully saturated rings. The molecule has 0 saturated heterocycles. The van der Waals surface area contributed by atoms with Crippen LogP contribution < -0.4 is 9.62 Å². The van der Waals surface area contributed by atoms with Crippen LogP contribution in [0.25, 0.3) is 0 Å². The topological polar surface area (TPSA) is 86.8 Å². The van der Waals surface area contributed by atoms with Gasteiger partial charge in [-0.3, -0.25) is 13.9 Å². The number of hydrogen-bond donors (Lipinski definition) is 1. The highest BCUT2D eigenvalue weighted by molar-refractivity contribution is 7.92. The predicted octanol–water partition coefficient (Wildman–Crippen LogP) is 6.50. The number of carbonyl (C=O) groups is 2. The third kappa shape index (κ3) is 7.62. The van der Waals surface area contributed by atoms with Crippen molar-refractivity contribution in [3.05, 3.63) is 93.7 Å². The summed E-state index contributed by atoms with van der Waals surface area (Å²) in [4.78, 5) is 28.6. The number of sulfonamides is 1. The summed E-state index contributed by atoms with van der Waals surface area (Å²) >= 11 is 12.3. The van der Waals surface area contributed by atoms with Crippen molar-refractivity contribution in [3.8, 4) is 0 Å². The number of para-hydroxylation sites is 1. The van der Waals surface area contributed by atoms with Crippen LogP contribution >= 0.6 is 23.2 Å². The van der Waals surface area contributed by atoms with Crippen molar-refractivity contribution in [2.24, 2.45) is 0 Å². The Balaban J connectivity index is 1.69. The summed E-state index contributed by atoms with van der Waals surface area (Å²) in [5, 5.41) is 3.65. The molecule has 0 aliphatic heterocycles. The summed E-state index contributed by atoms with van der Waals surface area (Å²) in [7, 11) is -4.37. The van der Waals surface area contributed by atoms with Gasteiger partial charge in [-0.25, -0.2) is 12.8 Å². The average molecular weight is 635 g/mol. The second kappa shape index (κ2) is 13.9. The number of halogens is 3. The lowest BCUT2D eigenvalue weighted by Crippen LogP contribution is -2.53. The van der Waals surface area contributed by atoms with Gasteiger partial charge in [0.15, 0.2) is 0 Å². The summed E-state index contributed by atoms with van der Waals surface area (Å²) in [5.41, 5.74) is 1.15. The normalized spacial score (nSPS) is 14.7. The van der Waals surface area contributed by atoms with Crippen LogP contribution in [-0.2, 0) is 26.2 Å². The first-order chi connectivity index (χ1) is 20.0. The van der Waals surface area contributed by atoms with E-state index in [4.69, 9.17) is 23.2 Å². The van der Waals surface area contributed by atoms with Crippen molar-refractivity contribution in [1.29, 1.82) is 0 Å². The highest BCUT2D eigenvalue weighted by Crippen LogP contribution is 2.28. The van der Waals surface area contributed by atoms with Crippen molar-refractivity contribution in [1.82, 2.24) is 10.2 Å². The van der Waals surface area contributed by atoms with Crippen molar-refractivity contribution in [3.63, 3.8) is 0 Å². The van der Waals surface area contributed by atoms with Crippen LogP contribution in [0.4, 0.5) is 10.1 Å². The number of nitrogens with zero attached hydrogens (tertiary/aromatic N) is 2. The minimum Gasteiger partial charge on any atom is -0.352 e. The van der Waals surface area contributed by atoms with E-state index in [0.717, 1.165) is 48.0 Å². The summed E-state index contributed by atoms with van der Waals surface area (Å²) < 4.78 is 43.5. The van der Waals surface area contributed by atoms with Gasteiger partial charge in [-0.05, 0) is 68.7 Å². The lowest BCUT2D eigenvalue weighted by atomic mass is 9.95. The van der Waals surface area contributed by atoms with Crippen LogP contribution in [0.2, 0.25) is 10.0 Å². The number of hydrogen-bond acceptors (Lipinski definition) is 4. The smallest absolute Gasteiger partial charge is 0.264 e. The SMILES string of the molecule is Cc1ccc(S(=O)(=O)N(CC(=O)N(Cc2ccc(Cl)c(Cl)c2)[C@H](C)C(=O)NC2CCCCC2)c2ccccc2F)cc1. The molecule has 1 atom stereocenters. The average Bonchev–Trinajstić information content (AvgIpc) is 2.97. The van der Waals surface area contributed by atoms with Crippen LogP contribution in [0, 0.1) is 12.7 Å². The van der Waals surface area contributed by atoms with Gasteiger partial charge in [0.25, 0.3) is 10.0 Å².